The minimum atomic E-state index is -0.0469. The molecule has 2 heterocycles. The number of carbonyl (C=O) groups excluding carboxylic acids is 1. The van der Waals surface area contributed by atoms with Gasteiger partial charge in [-0.05, 0) is 49.6 Å². The molecule has 2 amide bonds. The van der Waals surface area contributed by atoms with Crippen LogP contribution in [0.2, 0.25) is 0 Å². The number of anilines is 1. The fourth-order valence-electron chi connectivity index (χ4n) is 3.08. The highest BCUT2D eigenvalue weighted by Crippen LogP contribution is 2.21. The largest absolute Gasteiger partial charge is 0.494 e. The smallest absolute Gasteiger partial charge is 0.322 e. The van der Waals surface area contributed by atoms with Gasteiger partial charge in [0.2, 0.25) is 0 Å². The number of unbranched alkanes of at least 4 members (excludes halogenated alkanes) is 1. The zero-order chi connectivity index (χ0) is 17.5. The number of hydrogen-bond acceptors (Lipinski definition) is 3. The maximum Gasteiger partial charge on any atom is 0.322 e. The number of ether oxygens (including phenoxy) is 1. The molecule has 0 unspecified atom stereocenters. The highest BCUT2D eigenvalue weighted by molar-refractivity contribution is 5.89. The molecule has 1 N–H and O–H groups in total. The predicted octanol–water partition coefficient (Wildman–Crippen LogP) is 3.76. The third-order valence-corrected chi connectivity index (χ3v) is 4.47. The van der Waals surface area contributed by atoms with Crippen molar-refractivity contribution in [3.8, 4) is 5.75 Å². The number of hydrogen-bond donors (Lipinski definition) is 1. The standard InChI is InChI=1S/C19H26N4O2/c1-2-3-14-25-18-9-7-16(8-10-18)21-19(24)23-13-4-6-17(23)15-22-12-5-11-20-22/h5,7-12,17H,2-4,6,13-15H2,1H3,(H,21,24)/t17-/m0/s1. The molecule has 1 fully saturated rings. The average molecular weight is 342 g/mol. The van der Waals surface area contributed by atoms with Crippen LogP contribution in [0.4, 0.5) is 10.5 Å². The summed E-state index contributed by atoms with van der Waals surface area (Å²) in [5, 5.41) is 7.23. The van der Waals surface area contributed by atoms with E-state index in [1.807, 2.05) is 46.1 Å². The van der Waals surface area contributed by atoms with Gasteiger partial charge in [0.1, 0.15) is 5.75 Å². The fourth-order valence-corrected chi connectivity index (χ4v) is 3.08. The first-order valence-corrected chi connectivity index (χ1v) is 9.04. The average Bonchev–Trinajstić information content (AvgIpc) is 3.29. The second-order valence-electron chi connectivity index (χ2n) is 6.37. The van der Waals surface area contributed by atoms with Gasteiger partial charge in [-0.15, -0.1) is 0 Å². The second-order valence-corrected chi connectivity index (χ2v) is 6.37. The van der Waals surface area contributed by atoms with Gasteiger partial charge in [0, 0.05) is 24.6 Å². The van der Waals surface area contributed by atoms with Crippen molar-refractivity contribution in [2.45, 2.75) is 45.2 Å². The molecule has 0 radical (unpaired) electrons. The van der Waals surface area contributed by atoms with Crippen molar-refractivity contribution < 1.29 is 9.53 Å². The summed E-state index contributed by atoms with van der Waals surface area (Å²) < 4.78 is 7.54. The number of urea groups is 1. The van der Waals surface area contributed by atoms with E-state index < -0.39 is 0 Å². The molecule has 0 spiro atoms. The minimum Gasteiger partial charge on any atom is -0.494 e. The van der Waals surface area contributed by atoms with Crippen LogP contribution in [-0.4, -0.2) is 39.9 Å². The van der Waals surface area contributed by atoms with E-state index in [0.29, 0.717) is 0 Å². The third-order valence-electron chi connectivity index (χ3n) is 4.47. The highest BCUT2D eigenvalue weighted by Gasteiger charge is 2.29. The first kappa shape index (κ1) is 17.3. The molecule has 1 saturated heterocycles. The molecule has 134 valence electrons. The molecule has 1 aliphatic rings. The van der Waals surface area contributed by atoms with E-state index >= 15 is 0 Å². The molecular weight excluding hydrogens is 316 g/mol. The number of benzene rings is 1. The van der Waals surface area contributed by atoms with Crippen LogP contribution in [0.1, 0.15) is 32.6 Å². The number of carbonyl (C=O) groups is 1. The van der Waals surface area contributed by atoms with E-state index in [4.69, 9.17) is 4.74 Å². The van der Waals surface area contributed by atoms with E-state index in [0.717, 1.165) is 56.8 Å². The van der Waals surface area contributed by atoms with E-state index in [1.54, 1.807) is 6.20 Å². The summed E-state index contributed by atoms with van der Waals surface area (Å²) in [5.74, 6) is 0.837. The lowest BCUT2D eigenvalue weighted by molar-refractivity contribution is 0.199. The van der Waals surface area contributed by atoms with Crippen molar-refractivity contribution >= 4 is 11.7 Å². The Morgan fingerprint density at radius 1 is 1.36 bits per heavy atom. The number of rotatable bonds is 7. The van der Waals surface area contributed by atoms with Gasteiger partial charge in [-0.25, -0.2) is 4.79 Å². The molecule has 6 heteroatoms. The summed E-state index contributed by atoms with van der Waals surface area (Å²) in [7, 11) is 0. The van der Waals surface area contributed by atoms with Crippen LogP contribution in [0.25, 0.3) is 0 Å². The summed E-state index contributed by atoms with van der Waals surface area (Å²) in [5.41, 5.74) is 0.789. The summed E-state index contributed by atoms with van der Waals surface area (Å²) in [6.45, 7) is 4.39. The van der Waals surface area contributed by atoms with Gasteiger partial charge in [0.15, 0.2) is 0 Å². The third kappa shape index (κ3) is 4.75. The number of nitrogens with zero attached hydrogens (tertiary/aromatic N) is 3. The molecule has 0 bridgehead atoms. The SMILES string of the molecule is CCCCOc1ccc(NC(=O)N2CCC[C@H]2Cn2cccn2)cc1. The van der Waals surface area contributed by atoms with Crippen LogP contribution in [0, 0.1) is 0 Å². The van der Waals surface area contributed by atoms with Gasteiger partial charge < -0.3 is 15.0 Å². The first-order valence-electron chi connectivity index (χ1n) is 9.04. The molecule has 0 aliphatic carbocycles. The Balaban J connectivity index is 1.54. The quantitative estimate of drug-likeness (QED) is 0.780. The maximum atomic E-state index is 12.6. The van der Waals surface area contributed by atoms with Crippen LogP contribution in [0.5, 0.6) is 5.75 Å². The van der Waals surface area contributed by atoms with Crippen LogP contribution >= 0.6 is 0 Å². The Kier molecular flexibility index (Phi) is 5.93. The number of nitrogens with one attached hydrogen (secondary N) is 1. The molecule has 1 aliphatic heterocycles. The van der Waals surface area contributed by atoms with Crippen molar-refractivity contribution in [2.24, 2.45) is 0 Å². The summed E-state index contributed by atoms with van der Waals surface area (Å²) >= 11 is 0. The van der Waals surface area contributed by atoms with Crippen LogP contribution < -0.4 is 10.1 Å². The Bertz CT molecular complexity index is 655. The van der Waals surface area contributed by atoms with Crippen molar-refractivity contribution in [3.05, 3.63) is 42.7 Å². The molecule has 1 aromatic heterocycles. The Morgan fingerprint density at radius 3 is 2.92 bits per heavy atom. The lowest BCUT2D eigenvalue weighted by atomic mass is 10.2. The van der Waals surface area contributed by atoms with Gasteiger partial charge in [-0.1, -0.05) is 13.3 Å². The summed E-state index contributed by atoms with van der Waals surface area (Å²) in [6.07, 6.45) is 7.91. The molecule has 1 aromatic carbocycles. The molecule has 0 saturated carbocycles. The Hall–Kier alpha value is -2.50. The first-order chi connectivity index (χ1) is 12.3. The molecule has 6 nitrogen and oxygen atoms in total. The Labute approximate surface area is 148 Å². The molecule has 2 aromatic rings. The second kappa shape index (κ2) is 8.55. The monoisotopic (exact) mass is 342 g/mol. The predicted molar refractivity (Wildman–Crippen MR) is 97.8 cm³/mol. The molecule has 3 rings (SSSR count). The van der Waals surface area contributed by atoms with Gasteiger partial charge >= 0.3 is 6.03 Å². The number of likely N-dealkylation sites (tertiary alicyclic amines) is 1. The highest BCUT2D eigenvalue weighted by atomic mass is 16.5. The molecular formula is C19H26N4O2. The minimum absolute atomic E-state index is 0.0469. The van der Waals surface area contributed by atoms with Gasteiger partial charge in [0.05, 0.1) is 19.2 Å². The van der Waals surface area contributed by atoms with Gasteiger partial charge in [-0.3, -0.25) is 4.68 Å². The fraction of sp³-hybridized carbons (Fsp3) is 0.474. The van der Waals surface area contributed by atoms with Crippen LogP contribution in [-0.2, 0) is 6.54 Å². The van der Waals surface area contributed by atoms with Gasteiger partial charge in [0.25, 0.3) is 0 Å². The summed E-state index contributed by atoms with van der Waals surface area (Å²) in [4.78, 5) is 14.5. The lowest BCUT2D eigenvalue weighted by Crippen LogP contribution is -2.40. The summed E-state index contributed by atoms with van der Waals surface area (Å²) in [6, 6.07) is 9.62. The van der Waals surface area contributed by atoms with Crippen molar-refractivity contribution in [1.29, 1.82) is 0 Å². The molecule has 25 heavy (non-hydrogen) atoms. The van der Waals surface area contributed by atoms with Crippen LogP contribution in [0.15, 0.2) is 42.7 Å². The zero-order valence-corrected chi connectivity index (χ0v) is 14.7. The van der Waals surface area contributed by atoms with Crippen molar-refractivity contribution in [2.75, 3.05) is 18.5 Å². The lowest BCUT2D eigenvalue weighted by Gasteiger charge is -2.25. The van der Waals surface area contributed by atoms with Crippen molar-refractivity contribution in [1.82, 2.24) is 14.7 Å². The number of amides is 2. The van der Waals surface area contributed by atoms with E-state index in [2.05, 4.69) is 17.3 Å². The van der Waals surface area contributed by atoms with Gasteiger partial charge in [-0.2, -0.15) is 5.10 Å². The Morgan fingerprint density at radius 2 is 2.20 bits per heavy atom. The maximum absolute atomic E-state index is 12.6. The van der Waals surface area contributed by atoms with E-state index in [9.17, 15) is 4.79 Å². The van der Waals surface area contributed by atoms with E-state index in [-0.39, 0.29) is 12.1 Å². The van der Waals surface area contributed by atoms with Crippen LogP contribution in [0.3, 0.4) is 0 Å². The van der Waals surface area contributed by atoms with E-state index in [1.165, 1.54) is 0 Å². The number of aromatic nitrogens is 2. The topological polar surface area (TPSA) is 59.4 Å². The normalized spacial score (nSPS) is 16.8. The zero-order valence-electron chi connectivity index (χ0n) is 14.7. The van der Waals surface area contributed by atoms with Crippen molar-refractivity contribution in [3.63, 3.8) is 0 Å². The molecule has 1 atom stereocenters.